The number of aliphatic hydroxyl groups is 1. The van der Waals surface area contributed by atoms with Gasteiger partial charge in [-0.15, -0.1) is 0 Å². The predicted molar refractivity (Wildman–Crippen MR) is 53.5 cm³/mol. The first-order valence-electron chi connectivity index (χ1n) is 4.68. The molecule has 0 saturated heterocycles. The smallest absolute Gasteiger partial charge is 0.0728 e. The molecule has 0 saturated carbocycles. The molecule has 11 heavy (non-hydrogen) atoms. The van der Waals surface area contributed by atoms with Crippen molar-refractivity contribution in [2.24, 2.45) is 0 Å². The zero-order valence-corrected chi connectivity index (χ0v) is 8.90. The molecule has 0 aromatic heterocycles. The fraction of sp³-hybridized carbons (Fsp3) is 1.00. The van der Waals surface area contributed by atoms with Crippen LogP contribution in [0.5, 0.6) is 0 Å². The molecule has 0 rings (SSSR count). The monoisotopic (exact) mass is 176 g/mol. The van der Waals surface area contributed by atoms with Crippen LogP contribution in [-0.4, -0.2) is 23.3 Å². The van der Waals surface area contributed by atoms with Crippen molar-refractivity contribution in [2.75, 3.05) is 12.3 Å². The van der Waals surface area contributed by atoms with Gasteiger partial charge in [0, 0.05) is 0 Å². The highest BCUT2D eigenvalue weighted by atomic mass is 31.1. The Labute approximate surface area is 72.0 Å². The highest BCUT2D eigenvalue weighted by Crippen LogP contribution is 2.42. The maximum absolute atomic E-state index is 9.61. The third-order valence-electron chi connectivity index (χ3n) is 1.81. The lowest BCUT2D eigenvalue weighted by atomic mass is 10.5. The third-order valence-corrected chi connectivity index (χ3v) is 5.06. The average molecular weight is 176 g/mol. The van der Waals surface area contributed by atoms with Gasteiger partial charge in [-0.2, -0.15) is 0 Å². The zero-order valence-electron chi connectivity index (χ0n) is 8.01. The van der Waals surface area contributed by atoms with Crippen LogP contribution >= 0.6 is 7.92 Å². The summed E-state index contributed by atoms with van der Waals surface area (Å²) in [5.74, 6) is 0.00454. The van der Waals surface area contributed by atoms with Crippen molar-refractivity contribution in [3.05, 3.63) is 0 Å². The van der Waals surface area contributed by atoms with E-state index < -0.39 is 0 Å². The number of hydrogen-bond donors (Lipinski definition) is 1. The summed E-state index contributed by atoms with van der Waals surface area (Å²) < 4.78 is 0. The molecule has 0 heterocycles. The molecular formula is C9H21OP. The van der Waals surface area contributed by atoms with Gasteiger partial charge in [-0.05, 0) is 18.7 Å². The van der Waals surface area contributed by atoms with Crippen LogP contribution in [0.3, 0.4) is 0 Å². The molecule has 68 valence electrons. The molecule has 0 spiro atoms. The standard InChI is InChI=1S/C9H21OP/c1-4-7-11(8-5-2)9(10)6-3/h9-10H,4-8H2,1-3H3. The zero-order chi connectivity index (χ0) is 8.69. The molecule has 1 atom stereocenters. The third kappa shape index (κ3) is 4.76. The molecule has 0 fully saturated rings. The minimum atomic E-state index is -0.0666. The van der Waals surface area contributed by atoms with Crippen molar-refractivity contribution >= 4 is 7.92 Å². The van der Waals surface area contributed by atoms with Crippen LogP contribution in [0, 0.1) is 0 Å². The Bertz CT molecular complexity index is 79.6. The van der Waals surface area contributed by atoms with Gasteiger partial charge in [-0.25, -0.2) is 0 Å². The Morgan fingerprint density at radius 2 is 1.55 bits per heavy atom. The summed E-state index contributed by atoms with van der Waals surface area (Å²) in [4.78, 5) is 0. The van der Waals surface area contributed by atoms with Gasteiger partial charge >= 0.3 is 0 Å². The minimum Gasteiger partial charge on any atom is -0.389 e. The van der Waals surface area contributed by atoms with Crippen LogP contribution in [0.1, 0.15) is 40.0 Å². The van der Waals surface area contributed by atoms with Gasteiger partial charge in [0.1, 0.15) is 0 Å². The summed E-state index contributed by atoms with van der Waals surface area (Å²) in [6, 6.07) is 0. The lowest BCUT2D eigenvalue weighted by Crippen LogP contribution is -2.06. The highest BCUT2D eigenvalue weighted by molar-refractivity contribution is 7.58. The Hall–Kier alpha value is 0.390. The number of hydrogen-bond acceptors (Lipinski definition) is 1. The van der Waals surface area contributed by atoms with E-state index in [4.69, 9.17) is 0 Å². The molecule has 0 aromatic rings. The molecule has 0 radical (unpaired) electrons. The van der Waals surface area contributed by atoms with Crippen molar-refractivity contribution in [1.82, 2.24) is 0 Å². The maximum Gasteiger partial charge on any atom is 0.0728 e. The minimum absolute atomic E-state index is 0.00454. The second-order valence-electron chi connectivity index (χ2n) is 2.92. The first-order valence-corrected chi connectivity index (χ1v) is 6.46. The van der Waals surface area contributed by atoms with E-state index >= 15 is 0 Å². The van der Waals surface area contributed by atoms with E-state index in [0.29, 0.717) is 0 Å². The first kappa shape index (κ1) is 11.4. The van der Waals surface area contributed by atoms with Crippen molar-refractivity contribution in [2.45, 2.75) is 45.9 Å². The van der Waals surface area contributed by atoms with Crippen LogP contribution in [-0.2, 0) is 0 Å². The van der Waals surface area contributed by atoms with Gasteiger partial charge in [0.05, 0.1) is 5.85 Å². The lowest BCUT2D eigenvalue weighted by Gasteiger charge is -2.21. The molecule has 2 heteroatoms. The predicted octanol–water partition coefficient (Wildman–Crippen LogP) is 3.02. The Balaban J connectivity index is 3.66. The topological polar surface area (TPSA) is 20.2 Å². The van der Waals surface area contributed by atoms with E-state index in [-0.39, 0.29) is 13.8 Å². The maximum atomic E-state index is 9.61. The fourth-order valence-electron chi connectivity index (χ4n) is 1.24. The largest absolute Gasteiger partial charge is 0.389 e. The molecule has 1 nitrogen and oxygen atoms in total. The second-order valence-corrected chi connectivity index (χ2v) is 5.59. The van der Waals surface area contributed by atoms with Gasteiger partial charge in [-0.3, -0.25) is 0 Å². The van der Waals surface area contributed by atoms with Gasteiger partial charge < -0.3 is 5.11 Å². The quantitative estimate of drug-likeness (QED) is 0.617. The fourth-order valence-corrected chi connectivity index (χ4v) is 3.73. The van der Waals surface area contributed by atoms with Crippen molar-refractivity contribution in [1.29, 1.82) is 0 Å². The lowest BCUT2D eigenvalue weighted by molar-refractivity contribution is 0.252. The molecule has 0 amide bonds. The summed E-state index contributed by atoms with van der Waals surface area (Å²) in [5, 5.41) is 9.61. The summed E-state index contributed by atoms with van der Waals surface area (Å²) in [6.07, 6.45) is 5.88. The van der Waals surface area contributed by atoms with Crippen LogP contribution in [0.25, 0.3) is 0 Å². The van der Waals surface area contributed by atoms with Crippen LogP contribution < -0.4 is 0 Å². The van der Waals surface area contributed by atoms with E-state index in [1.807, 2.05) is 0 Å². The van der Waals surface area contributed by atoms with Gasteiger partial charge in [0.15, 0.2) is 0 Å². The van der Waals surface area contributed by atoms with Crippen LogP contribution in [0.15, 0.2) is 0 Å². The molecule has 0 bridgehead atoms. The molecule has 0 aromatic carbocycles. The van der Waals surface area contributed by atoms with E-state index in [1.165, 1.54) is 25.2 Å². The van der Waals surface area contributed by atoms with E-state index in [1.54, 1.807) is 0 Å². The van der Waals surface area contributed by atoms with Crippen molar-refractivity contribution in [3.63, 3.8) is 0 Å². The van der Waals surface area contributed by atoms with E-state index in [0.717, 1.165) is 6.42 Å². The molecule has 1 N–H and O–H groups in total. The Morgan fingerprint density at radius 3 is 1.82 bits per heavy atom. The van der Waals surface area contributed by atoms with Crippen LogP contribution in [0.4, 0.5) is 0 Å². The van der Waals surface area contributed by atoms with E-state index in [2.05, 4.69) is 20.8 Å². The average Bonchev–Trinajstić information content (AvgIpc) is 2.03. The molecular weight excluding hydrogens is 155 g/mol. The summed E-state index contributed by atoms with van der Waals surface area (Å²) in [6.45, 7) is 6.48. The number of rotatable bonds is 6. The van der Waals surface area contributed by atoms with Crippen molar-refractivity contribution < 1.29 is 5.11 Å². The molecule has 0 aliphatic carbocycles. The Morgan fingerprint density at radius 1 is 1.09 bits per heavy atom. The summed E-state index contributed by atoms with van der Waals surface area (Å²) in [5.41, 5.74) is 0. The highest BCUT2D eigenvalue weighted by Gasteiger charge is 2.13. The normalized spacial score (nSPS) is 13.9. The molecule has 0 aliphatic rings. The number of aliphatic hydroxyl groups excluding tert-OH is 1. The molecule has 1 unspecified atom stereocenters. The Kier molecular flexibility index (Phi) is 7.31. The van der Waals surface area contributed by atoms with Gasteiger partial charge in [0.25, 0.3) is 0 Å². The summed E-state index contributed by atoms with van der Waals surface area (Å²) in [7, 11) is -0.0666. The SMILES string of the molecule is CCCP(CCC)C(O)CC. The van der Waals surface area contributed by atoms with Crippen molar-refractivity contribution in [3.8, 4) is 0 Å². The second kappa shape index (κ2) is 7.06. The summed E-state index contributed by atoms with van der Waals surface area (Å²) >= 11 is 0. The van der Waals surface area contributed by atoms with E-state index in [9.17, 15) is 5.11 Å². The first-order chi connectivity index (χ1) is 5.26. The van der Waals surface area contributed by atoms with Gasteiger partial charge in [-0.1, -0.05) is 41.5 Å². The molecule has 0 aliphatic heterocycles. The van der Waals surface area contributed by atoms with Crippen LogP contribution in [0.2, 0.25) is 0 Å². The van der Waals surface area contributed by atoms with Gasteiger partial charge in [0.2, 0.25) is 0 Å².